The van der Waals surface area contributed by atoms with E-state index in [0.29, 0.717) is 23.3 Å². The summed E-state index contributed by atoms with van der Waals surface area (Å²) in [4.78, 5) is 12.2. The lowest BCUT2D eigenvalue weighted by molar-refractivity contribution is 0.0950. The van der Waals surface area contributed by atoms with Crippen LogP contribution >= 0.6 is 23.1 Å². The van der Waals surface area contributed by atoms with Crippen LogP contribution in [0.3, 0.4) is 0 Å². The van der Waals surface area contributed by atoms with Crippen molar-refractivity contribution in [2.75, 3.05) is 0 Å². The van der Waals surface area contributed by atoms with Crippen molar-refractivity contribution in [3.8, 4) is 0 Å². The summed E-state index contributed by atoms with van der Waals surface area (Å²) < 4.78 is 1.92. The molecule has 1 aromatic carbocycles. The van der Waals surface area contributed by atoms with Crippen molar-refractivity contribution in [2.45, 2.75) is 49.2 Å². The number of tetrazole rings is 1. The summed E-state index contributed by atoms with van der Waals surface area (Å²) in [5.74, 6) is 0.389. The van der Waals surface area contributed by atoms with Gasteiger partial charge < -0.3 is 5.32 Å². The van der Waals surface area contributed by atoms with Crippen molar-refractivity contribution in [3.05, 3.63) is 45.9 Å². The Morgan fingerprint density at radius 1 is 1.19 bits per heavy atom. The van der Waals surface area contributed by atoms with Gasteiger partial charge in [-0.1, -0.05) is 66.3 Å². The fourth-order valence-corrected chi connectivity index (χ4v) is 4.73. The number of thioether (sulfide) groups is 1. The number of amides is 1. The van der Waals surface area contributed by atoms with Crippen molar-refractivity contribution >= 4 is 29.0 Å². The van der Waals surface area contributed by atoms with E-state index >= 15 is 0 Å². The summed E-state index contributed by atoms with van der Waals surface area (Å²) in [6, 6.07) is 10.2. The minimum Gasteiger partial charge on any atom is -0.346 e. The van der Waals surface area contributed by atoms with Gasteiger partial charge >= 0.3 is 0 Å². The van der Waals surface area contributed by atoms with Gasteiger partial charge in [0.2, 0.25) is 10.2 Å². The van der Waals surface area contributed by atoms with Gasteiger partial charge in [0.15, 0.2) is 0 Å². The molecule has 1 N–H and O–H groups in total. The van der Waals surface area contributed by atoms with Crippen LogP contribution in [0.4, 0.5) is 0 Å². The van der Waals surface area contributed by atoms with E-state index in [2.05, 4.69) is 31.0 Å². The Balaban J connectivity index is 1.32. The zero-order chi connectivity index (χ0) is 18.5. The van der Waals surface area contributed by atoms with Crippen molar-refractivity contribution in [2.24, 2.45) is 0 Å². The average molecular weight is 402 g/mol. The highest BCUT2D eigenvalue weighted by molar-refractivity contribution is 7.98. The van der Waals surface area contributed by atoms with Gasteiger partial charge in [-0.05, 0) is 28.8 Å². The Labute approximate surface area is 164 Å². The van der Waals surface area contributed by atoms with Crippen molar-refractivity contribution in [3.63, 3.8) is 0 Å². The van der Waals surface area contributed by atoms with Crippen molar-refractivity contribution in [1.29, 1.82) is 0 Å². The third-order valence-corrected chi connectivity index (χ3v) is 6.46. The predicted molar refractivity (Wildman–Crippen MR) is 102 cm³/mol. The highest BCUT2D eigenvalue weighted by atomic mass is 32.2. The molecule has 0 unspecified atom stereocenters. The first kappa shape index (κ1) is 18.1. The zero-order valence-electron chi connectivity index (χ0n) is 14.6. The monoisotopic (exact) mass is 401 g/mol. The largest absolute Gasteiger partial charge is 0.346 e. The molecule has 1 fully saturated rings. The van der Waals surface area contributed by atoms with Crippen molar-refractivity contribution < 1.29 is 4.79 Å². The maximum absolute atomic E-state index is 12.2. The Bertz CT molecular complexity index is 890. The van der Waals surface area contributed by atoms with Crippen LogP contribution in [0.1, 0.15) is 52.1 Å². The highest BCUT2D eigenvalue weighted by Crippen LogP contribution is 2.32. The summed E-state index contributed by atoms with van der Waals surface area (Å²) in [5.41, 5.74) is 1.05. The molecular weight excluding hydrogens is 382 g/mol. The maximum Gasteiger partial charge on any atom is 0.282 e. The van der Waals surface area contributed by atoms with Crippen LogP contribution in [0.15, 0.2) is 35.5 Å². The minimum absolute atomic E-state index is 0.205. The molecule has 0 saturated heterocycles. The molecule has 10 heteroatoms. The van der Waals surface area contributed by atoms with Gasteiger partial charge in [0, 0.05) is 6.54 Å². The summed E-state index contributed by atoms with van der Waals surface area (Å²) in [7, 11) is 0. The second-order valence-electron chi connectivity index (χ2n) is 6.30. The Hall–Kier alpha value is -2.33. The van der Waals surface area contributed by atoms with Crippen molar-refractivity contribution in [1.82, 2.24) is 35.7 Å². The lowest BCUT2D eigenvalue weighted by atomic mass is 10.2. The van der Waals surface area contributed by atoms with Crippen LogP contribution in [0.2, 0.25) is 0 Å². The number of carbonyl (C=O) groups is 1. The van der Waals surface area contributed by atoms with Crippen LogP contribution in [-0.4, -0.2) is 36.3 Å². The Morgan fingerprint density at radius 3 is 2.81 bits per heavy atom. The number of hydrogen-bond acceptors (Lipinski definition) is 8. The molecular formula is C17H19N7OS2. The number of benzene rings is 1. The van der Waals surface area contributed by atoms with Crippen LogP contribution in [0.5, 0.6) is 0 Å². The van der Waals surface area contributed by atoms with E-state index in [0.717, 1.165) is 28.6 Å². The van der Waals surface area contributed by atoms with Gasteiger partial charge in [0.05, 0.1) is 11.8 Å². The molecule has 27 heavy (non-hydrogen) atoms. The molecule has 3 aromatic rings. The topological polar surface area (TPSA) is 98.5 Å². The molecule has 4 rings (SSSR count). The van der Waals surface area contributed by atoms with Gasteiger partial charge in [-0.25, -0.2) is 4.68 Å². The van der Waals surface area contributed by atoms with E-state index in [-0.39, 0.29) is 5.91 Å². The number of nitrogens with one attached hydrogen (secondary N) is 1. The second-order valence-corrected chi connectivity index (χ2v) is 8.31. The molecule has 0 radical (unpaired) electrons. The van der Waals surface area contributed by atoms with Gasteiger partial charge in [-0.15, -0.1) is 15.3 Å². The molecule has 140 valence electrons. The van der Waals surface area contributed by atoms with Gasteiger partial charge in [-0.2, -0.15) is 0 Å². The summed E-state index contributed by atoms with van der Waals surface area (Å²) >= 11 is 2.84. The standard InChI is InChI=1S/C17H19N7OS2/c25-15(18-10-12-6-2-1-3-7-12)16-20-19-14(27-16)11-26-17-21-22-23-24(17)13-8-4-5-9-13/h1-3,6-7,13H,4-5,8-11H2,(H,18,25). The predicted octanol–water partition coefficient (Wildman–Crippen LogP) is 2.86. The third-order valence-electron chi connectivity index (χ3n) is 4.41. The molecule has 2 aromatic heterocycles. The van der Waals surface area contributed by atoms with Crippen LogP contribution in [0, 0.1) is 0 Å². The molecule has 1 amide bonds. The van der Waals surface area contributed by atoms with E-state index in [9.17, 15) is 4.79 Å². The normalized spacial score (nSPS) is 14.5. The lowest BCUT2D eigenvalue weighted by Crippen LogP contribution is -2.22. The van der Waals surface area contributed by atoms with Gasteiger partial charge in [0.1, 0.15) is 5.01 Å². The molecule has 0 spiro atoms. The first-order chi connectivity index (χ1) is 13.3. The Kier molecular flexibility index (Phi) is 5.73. The highest BCUT2D eigenvalue weighted by Gasteiger charge is 2.22. The van der Waals surface area contributed by atoms with E-state index in [1.54, 1.807) is 0 Å². The summed E-state index contributed by atoms with van der Waals surface area (Å²) in [5, 5.41) is 25.0. The Morgan fingerprint density at radius 2 is 2.00 bits per heavy atom. The minimum atomic E-state index is -0.205. The van der Waals surface area contributed by atoms with E-state index in [4.69, 9.17) is 0 Å². The van der Waals surface area contributed by atoms with Gasteiger partial charge in [-0.3, -0.25) is 4.79 Å². The molecule has 0 aliphatic heterocycles. The SMILES string of the molecule is O=C(NCc1ccccc1)c1nnc(CSc2nnnn2C2CCCC2)s1. The molecule has 1 saturated carbocycles. The number of nitrogens with zero attached hydrogens (tertiary/aromatic N) is 6. The van der Waals surface area contributed by atoms with E-state index in [1.807, 2.05) is 35.0 Å². The van der Waals surface area contributed by atoms with E-state index in [1.165, 1.54) is 35.9 Å². The van der Waals surface area contributed by atoms with Crippen LogP contribution in [-0.2, 0) is 12.3 Å². The molecule has 2 heterocycles. The summed E-state index contributed by atoms with van der Waals surface area (Å²) in [6.07, 6.45) is 4.71. The molecule has 1 aliphatic rings. The smallest absolute Gasteiger partial charge is 0.282 e. The number of carbonyl (C=O) groups excluding carboxylic acids is 1. The quantitative estimate of drug-likeness (QED) is 0.608. The number of aromatic nitrogens is 6. The molecule has 1 aliphatic carbocycles. The van der Waals surface area contributed by atoms with E-state index < -0.39 is 0 Å². The van der Waals surface area contributed by atoms with Gasteiger partial charge in [0.25, 0.3) is 5.91 Å². The molecule has 0 bridgehead atoms. The maximum atomic E-state index is 12.2. The first-order valence-corrected chi connectivity index (χ1v) is 10.6. The summed E-state index contributed by atoms with van der Waals surface area (Å²) in [6.45, 7) is 0.472. The molecule has 8 nitrogen and oxygen atoms in total. The third kappa shape index (κ3) is 4.51. The average Bonchev–Trinajstić information content (AvgIpc) is 3.46. The number of hydrogen-bond donors (Lipinski definition) is 1. The fraction of sp³-hybridized carbons (Fsp3) is 0.412. The second kappa shape index (κ2) is 8.57. The van der Waals surface area contributed by atoms with Crippen LogP contribution < -0.4 is 5.32 Å². The fourth-order valence-electron chi connectivity index (χ4n) is 3.04. The zero-order valence-corrected chi connectivity index (χ0v) is 16.2. The lowest BCUT2D eigenvalue weighted by Gasteiger charge is -2.09. The number of rotatable bonds is 7. The first-order valence-electron chi connectivity index (χ1n) is 8.85. The van der Waals surface area contributed by atoms with Crippen LogP contribution in [0.25, 0.3) is 0 Å². The molecule has 0 atom stereocenters.